The van der Waals surface area contributed by atoms with E-state index in [-0.39, 0.29) is 0 Å². The van der Waals surface area contributed by atoms with Crippen molar-refractivity contribution in [1.82, 2.24) is 29.2 Å². The first kappa shape index (κ1) is 14.8. The summed E-state index contributed by atoms with van der Waals surface area (Å²) < 4.78 is 3.70. The molecule has 0 aliphatic carbocycles. The predicted octanol–water partition coefficient (Wildman–Crippen LogP) is 3.24. The lowest BCUT2D eigenvalue weighted by molar-refractivity contribution is 0.717. The summed E-state index contributed by atoms with van der Waals surface area (Å²) in [5.41, 5.74) is 5.23. The Morgan fingerprint density at radius 3 is 2.62 bits per heavy atom. The molecule has 6 heteroatoms. The van der Waals surface area contributed by atoms with Gasteiger partial charge in [0.2, 0.25) is 0 Å². The van der Waals surface area contributed by atoms with Gasteiger partial charge in [0.15, 0.2) is 11.3 Å². The average molecular weight is 320 g/mol. The van der Waals surface area contributed by atoms with Crippen molar-refractivity contribution in [3.05, 3.63) is 59.9 Å². The van der Waals surface area contributed by atoms with E-state index in [2.05, 4.69) is 54.2 Å². The molecule has 0 saturated heterocycles. The van der Waals surface area contributed by atoms with Crippen LogP contribution in [-0.4, -0.2) is 29.2 Å². The molecular formula is C18H20N6. The number of rotatable bonds is 4. The molecule has 0 fully saturated rings. The Balaban J connectivity index is 1.60. The van der Waals surface area contributed by atoms with E-state index in [0.717, 1.165) is 23.4 Å². The second kappa shape index (κ2) is 5.70. The molecule has 4 aromatic rings. The lowest BCUT2D eigenvalue weighted by atomic mass is 9.98. The van der Waals surface area contributed by atoms with E-state index in [9.17, 15) is 0 Å². The molecule has 1 atom stereocenters. The Morgan fingerprint density at radius 2 is 1.79 bits per heavy atom. The van der Waals surface area contributed by atoms with Gasteiger partial charge in [0, 0.05) is 24.7 Å². The van der Waals surface area contributed by atoms with Crippen LogP contribution in [0.5, 0.6) is 0 Å². The van der Waals surface area contributed by atoms with Gasteiger partial charge in [0.1, 0.15) is 6.33 Å². The smallest absolute Gasteiger partial charge is 0.155 e. The first-order chi connectivity index (χ1) is 11.6. The molecule has 0 radical (unpaired) electrons. The minimum Gasteiger partial charge on any atom is -0.237 e. The molecule has 4 heterocycles. The van der Waals surface area contributed by atoms with Crippen LogP contribution in [0.2, 0.25) is 0 Å². The molecular weight excluding hydrogens is 300 g/mol. The van der Waals surface area contributed by atoms with E-state index < -0.39 is 0 Å². The molecule has 0 bridgehead atoms. The fourth-order valence-corrected chi connectivity index (χ4v) is 2.89. The summed E-state index contributed by atoms with van der Waals surface area (Å²) in [5.74, 6) is 0.788. The van der Waals surface area contributed by atoms with Gasteiger partial charge in [0.25, 0.3) is 0 Å². The second-order valence-electron chi connectivity index (χ2n) is 6.61. The lowest BCUT2D eigenvalue weighted by Crippen LogP contribution is -2.02. The summed E-state index contributed by atoms with van der Waals surface area (Å²) in [5, 5.41) is 8.90. The first-order valence-electron chi connectivity index (χ1n) is 8.23. The SMILES string of the molecule is CC(C)c1cnc2cc(C[C@@H](C)c3ccc4ncnn4c3)nn2c1. The largest absolute Gasteiger partial charge is 0.237 e. The maximum atomic E-state index is 4.69. The highest BCUT2D eigenvalue weighted by Crippen LogP contribution is 2.21. The Morgan fingerprint density at radius 1 is 0.958 bits per heavy atom. The van der Waals surface area contributed by atoms with Gasteiger partial charge in [-0.2, -0.15) is 10.2 Å². The molecule has 0 aliphatic heterocycles. The van der Waals surface area contributed by atoms with Gasteiger partial charge in [-0.05, 0) is 35.4 Å². The monoisotopic (exact) mass is 320 g/mol. The molecule has 0 aliphatic rings. The van der Waals surface area contributed by atoms with Crippen LogP contribution in [0.4, 0.5) is 0 Å². The number of aromatic nitrogens is 6. The highest BCUT2D eigenvalue weighted by Gasteiger charge is 2.12. The summed E-state index contributed by atoms with van der Waals surface area (Å²) in [6, 6.07) is 6.17. The molecule has 4 rings (SSSR count). The van der Waals surface area contributed by atoms with Crippen LogP contribution in [0.3, 0.4) is 0 Å². The van der Waals surface area contributed by atoms with Gasteiger partial charge in [-0.25, -0.2) is 19.0 Å². The van der Waals surface area contributed by atoms with Crippen LogP contribution in [0, 0.1) is 0 Å². The van der Waals surface area contributed by atoms with Crippen molar-refractivity contribution in [3.8, 4) is 0 Å². The van der Waals surface area contributed by atoms with E-state index in [4.69, 9.17) is 5.10 Å². The normalized spacial score (nSPS) is 13.2. The number of hydrogen-bond donors (Lipinski definition) is 0. The van der Waals surface area contributed by atoms with Crippen molar-refractivity contribution in [3.63, 3.8) is 0 Å². The molecule has 0 spiro atoms. The minimum atomic E-state index is 0.341. The highest BCUT2D eigenvalue weighted by atomic mass is 15.3. The predicted molar refractivity (Wildman–Crippen MR) is 92.2 cm³/mol. The van der Waals surface area contributed by atoms with E-state index in [0.29, 0.717) is 11.8 Å². The van der Waals surface area contributed by atoms with Gasteiger partial charge < -0.3 is 0 Å². The maximum Gasteiger partial charge on any atom is 0.155 e. The zero-order valence-corrected chi connectivity index (χ0v) is 14.1. The lowest BCUT2D eigenvalue weighted by Gasteiger charge is -2.10. The third-order valence-electron chi connectivity index (χ3n) is 4.43. The molecule has 0 aromatic carbocycles. The summed E-state index contributed by atoms with van der Waals surface area (Å²) >= 11 is 0. The Hall–Kier alpha value is -2.76. The van der Waals surface area contributed by atoms with Gasteiger partial charge in [-0.3, -0.25) is 0 Å². The zero-order valence-electron chi connectivity index (χ0n) is 14.1. The van der Waals surface area contributed by atoms with Crippen LogP contribution in [-0.2, 0) is 6.42 Å². The van der Waals surface area contributed by atoms with Crippen molar-refractivity contribution in [1.29, 1.82) is 0 Å². The summed E-state index contributed by atoms with van der Waals surface area (Å²) in [6.07, 6.45) is 8.48. The Labute approximate surface area is 140 Å². The van der Waals surface area contributed by atoms with E-state index >= 15 is 0 Å². The standard InChI is InChI=1S/C18H20N6/c1-12(2)15-8-19-18-7-16(22-24(18)10-15)6-13(3)14-4-5-17-20-11-21-23(17)9-14/h4-5,7-13H,6H2,1-3H3/t13-/m1/s1. The summed E-state index contributed by atoms with van der Waals surface area (Å²) in [6.45, 7) is 6.53. The van der Waals surface area contributed by atoms with Crippen LogP contribution in [0.1, 0.15) is 49.4 Å². The van der Waals surface area contributed by atoms with Crippen molar-refractivity contribution >= 4 is 11.3 Å². The van der Waals surface area contributed by atoms with E-state index in [1.165, 1.54) is 11.1 Å². The second-order valence-corrected chi connectivity index (χ2v) is 6.61. The van der Waals surface area contributed by atoms with Crippen LogP contribution in [0.25, 0.3) is 11.3 Å². The van der Waals surface area contributed by atoms with Crippen LogP contribution < -0.4 is 0 Å². The quantitative estimate of drug-likeness (QED) is 0.579. The van der Waals surface area contributed by atoms with Crippen molar-refractivity contribution in [2.24, 2.45) is 0 Å². The molecule has 0 amide bonds. The molecule has 0 unspecified atom stereocenters. The van der Waals surface area contributed by atoms with Gasteiger partial charge in [-0.15, -0.1) is 0 Å². The fourth-order valence-electron chi connectivity index (χ4n) is 2.89. The molecule has 4 aromatic heterocycles. The van der Waals surface area contributed by atoms with Crippen LogP contribution >= 0.6 is 0 Å². The van der Waals surface area contributed by atoms with Crippen molar-refractivity contribution in [2.45, 2.75) is 39.0 Å². The molecule has 0 N–H and O–H groups in total. The van der Waals surface area contributed by atoms with Crippen molar-refractivity contribution < 1.29 is 0 Å². The van der Waals surface area contributed by atoms with Crippen molar-refractivity contribution in [2.75, 3.05) is 0 Å². The average Bonchev–Trinajstić information content (AvgIpc) is 3.18. The third-order valence-corrected chi connectivity index (χ3v) is 4.43. The molecule has 6 nitrogen and oxygen atoms in total. The van der Waals surface area contributed by atoms with E-state index in [1.54, 1.807) is 6.33 Å². The molecule has 0 saturated carbocycles. The summed E-state index contributed by atoms with van der Waals surface area (Å²) in [4.78, 5) is 8.70. The molecule has 122 valence electrons. The number of nitrogens with zero attached hydrogens (tertiary/aromatic N) is 6. The number of hydrogen-bond acceptors (Lipinski definition) is 4. The Bertz CT molecular complexity index is 997. The van der Waals surface area contributed by atoms with Gasteiger partial charge in [0.05, 0.1) is 5.69 Å². The van der Waals surface area contributed by atoms with E-state index in [1.807, 2.05) is 27.5 Å². The molecule has 24 heavy (non-hydrogen) atoms. The van der Waals surface area contributed by atoms with Gasteiger partial charge in [-0.1, -0.05) is 26.8 Å². The first-order valence-corrected chi connectivity index (χ1v) is 8.23. The van der Waals surface area contributed by atoms with Crippen LogP contribution in [0.15, 0.2) is 43.1 Å². The topological polar surface area (TPSA) is 60.4 Å². The highest BCUT2D eigenvalue weighted by molar-refractivity contribution is 5.41. The summed E-state index contributed by atoms with van der Waals surface area (Å²) in [7, 11) is 0. The number of fused-ring (bicyclic) bond motifs is 2. The fraction of sp³-hybridized carbons (Fsp3) is 0.333. The third kappa shape index (κ3) is 2.64. The van der Waals surface area contributed by atoms with Gasteiger partial charge >= 0.3 is 0 Å². The number of pyridine rings is 1. The zero-order chi connectivity index (χ0) is 16.7. The minimum absolute atomic E-state index is 0.341. The maximum absolute atomic E-state index is 4.69. The Kier molecular flexibility index (Phi) is 3.52.